The first-order valence-electron chi connectivity index (χ1n) is 6.10. The zero-order valence-electron chi connectivity index (χ0n) is 9.95. The molecule has 1 aliphatic heterocycles. The van der Waals surface area contributed by atoms with E-state index in [0.717, 1.165) is 30.8 Å². The van der Waals surface area contributed by atoms with Crippen molar-refractivity contribution in [1.29, 1.82) is 0 Å². The molecule has 3 atom stereocenters. The summed E-state index contributed by atoms with van der Waals surface area (Å²) >= 11 is 3.49. The molecule has 0 aromatic heterocycles. The lowest BCUT2D eigenvalue weighted by atomic mass is 9.96. The molecule has 15 heavy (non-hydrogen) atoms. The lowest BCUT2D eigenvalue weighted by molar-refractivity contribution is 0.0333. The predicted octanol–water partition coefficient (Wildman–Crippen LogP) is 2.50. The second kappa shape index (κ2) is 6.87. The van der Waals surface area contributed by atoms with E-state index in [9.17, 15) is 5.11 Å². The highest BCUT2D eigenvalue weighted by Crippen LogP contribution is 2.18. The summed E-state index contributed by atoms with van der Waals surface area (Å²) in [6.07, 6.45) is 3.44. The van der Waals surface area contributed by atoms with Crippen LogP contribution in [0.15, 0.2) is 0 Å². The minimum Gasteiger partial charge on any atom is -0.393 e. The van der Waals surface area contributed by atoms with Crippen LogP contribution in [0.25, 0.3) is 0 Å². The highest BCUT2D eigenvalue weighted by atomic mass is 79.9. The number of halogens is 1. The fraction of sp³-hybridized carbons (Fsp3) is 1.00. The summed E-state index contributed by atoms with van der Waals surface area (Å²) < 4.78 is 0. The summed E-state index contributed by atoms with van der Waals surface area (Å²) in [6, 6.07) is 0. The minimum absolute atomic E-state index is 0.0683. The van der Waals surface area contributed by atoms with Crippen molar-refractivity contribution in [2.45, 2.75) is 39.2 Å². The van der Waals surface area contributed by atoms with Crippen molar-refractivity contribution in [2.75, 3.05) is 25.0 Å². The summed E-state index contributed by atoms with van der Waals surface area (Å²) in [4.78, 5) is 2.50. The first-order valence-corrected chi connectivity index (χ1v) is 7.22. The number of likely N-dealkylation sites (tertiary alicyclic amines) is 1. The maximum absolute atomic E-state index is 9.62. The van der Waals surface area contributed by atoms with Gasteiger partial charge in [0, 0.05) is 18.4 Å². The number of hydrogen-bond donors (Lipinski definition) is 1. The fourth-order valence-electron chi connectivity index (χ4n) is 2.16. The molecule has 0 aromatic rings. The minimum atomic E-state index is -0.0683. The van der Waals surface area contributed by atoms with E-state index in [1.165, 1.54) is 19.4 Å². The van der Waals surface area contributed by atoms with Crippen molar-refractivity contribution < 1.29 is 5.11 Å². The predicted molar refractivity (Wildman–Crippen MR) is 68.4 cm³/mol. The number of aliphatic hydroxyl groups is 1. The van der Waals surface area contributed by atoms with Crippen molar-refractivity contribution in [3.05, 3.63) is 0 Å². The van der Waals surface area contributed by atoms with Crippen LogP contribution < -0.4 is 0 Å². The van der Waals surface area contributed by atoms with E-state index in [-0.39, 0.29) is 6.10 Å². The average molecular weight is 278 g/mol. The maximum atomic E-state index is 9.62. The van der Waals surface area contributed by atoms with Crippen LogP contribution in [0.5, 0.6) is 0 Å². The van der Waals surface area contributed by atoms with Crippen molar-refractivity contribution >= 4 is 15.9 Å². The van der Waals surface area contributed by atoms with Gasteiger partial charge in [-0.1, -0.05) is 29.8 Å². The Morgan fingerprint density at radius 1 is 1.47 bits per heavy atom. The Kier molecular flexibility index (Phi) is 6.17. The Morgan fingerprint density at radius 2 is 2.20 bits per heavy atom. The Morgan fingerprint density at radius 3 is 2.80 bits per heavy atom. The van der Waals surface area contributed by atoms with Crippen molar-refractivity contribution in [2.24, 2.45) is 11.8 Å². The van der Waals surface area contributed by atoms with Crippen LogP contribution in [-0.2, 0) is 0 Å². The van der Waals surface area contributed by atoms with Crippen LogP contribution in [-0.4, -0.2) is 41.1 Å². The van der Waals surface area contributed by atoms with Crippen molar-refractivity contribution in [3.63, 3.8) is 0 Å². The molecular weight excluding hydrogens is 254 g/mol. The molecule has 1 rings (SSSR count). The first-order chi connectivity index (χ1) is 7.13. The van der Waals surface area contributed by atoms with E-state index in [2.05, 4.69) is 34.7 Å². The molecule has 0 bridgehead atoms. The second-order valence-corrected chi connectivity index (χ2v) is 5.80. The van der Waals surface area contributed by atoms with Gasteiger partial charge in [0.1, 0.15) is 0 Å². The SMILES string of the molecule is CC(CCBr)CCN1CCC(O)C(C)C1. The summed E-state index contributed by atoms with van der Waals surface area (Å²) in [7, 11) is 0. The summed E-state index contributed by atoms with van der Waals surface area (Å²) in [5.74, 6) is 1.26. The zero-order valence-corrected chi connectivity index (χ0v) is 11.5. The lowest BCUT2D eigenvalue weighted by Crippen LogP contribution is -2.42. The molecule has 0 spiro atoms. The molecule has 3 unspecified atom stereocenters. The number of piperidine rings is 1. The normalized spacial score (nSPS) is 30.4. The number of alkyl halides is 1. The van der Waals surface area contributed by atoms with E-state index >= 15 is 0 Å². The Hall–Kier alpha value is 0.400. The molecule has 1 aliphatic rings. The molecule has 0 radical (unpaired) electrons. The molecule has 1 heterocycles. The molecule has 2 nitrogen and oxygen atoms in total. The van der Waals surface area contributed by atoms with Crippen molar-refractivity contribution in [3.8, 4) is 0 Å². The van der Waals surface area contributed by atoms with E-state index in [1.807, 2.05) is 0 Å². The van der Waals surface area contributed by atoms with Crippen molar-refractivity contribution in [1.82, 2.24) is 4.90 Å². The smallest absolute Gasteiger partial charge is 0.0590 e. The van der Waals surface area contributed by atoms with Crippen LogP contribution in [0.3, 0.4) is 0 Å². The fourth-order valence-corrected chi connectivity index (χ4v) is 2.94. The lowest BCUT2D eigenvalue weighted by Gasteiger charge is -2.34. The average Bonchev–Trinajstić information content (AvgIpc) is 2.20. The van der Waals surface area contributed by atoms with E-state index in [4.69, 9.17) is 0 Å². The highest BCUT2D eigenvalue weighted by Gasteiger charge is 2.23. The number of nitrogens with zero attached hydrogens (tertiary/aromatic N) is 1. The molecular formula is C12H24BrNO. The zero-order chi connectivity index (χ0) is 11.3. The third-order valence-electron chi connectivity index (χ3n) is 3.48. The van der Waals surface area contributed by atoms with Gasteiger partial charge in [0.05, 0.1) is 6.10 Å². The molecule has 0 amide bonds. The molecule has 1 N–H and O–H groups in total. The quantitative estimate of drug-likeness (QED) is 0.781. The van der Waals surface area contributed by atoms with Crippen LogP contribution in [0, 0.1) is 11.8 Å². The molecule has 1 fully saturated rings. The van der Waals surface area contributed by atoms with Gasteiger partial charge in [-0.05, 0) is 37.6 Å². The van der Waals surface area contributed by atoms with E-state index < -0.39 is 0 Å². The maximum Gasteiger partial charge on any atom is 0.0590 e. The van der Waals surface area contributed by atoms with Gasteiger partial charge in [-0.2, -0.15) is 0 Å². The highest BCUT2D eigenvalue weighted by molar-refractivity contribution is 9.09. The largest absolute Gasteiger partial charge is 0.393 e. The molecule has 0 saturated carbocycles. The van der Waals surface area contributed by atoms with Crippen LogP contribution in [0.2, 0.25) is 0 Å². The Labute approximate surface area is 102 Å². The van der Waals surface area contributed by atoms with Gasteiger partial charge in [0.25, 0.3) is 0 Å². The summed E-state index contributed by atoms with van der Waals surface area (Å²) in [5, 5.41) is 10.7. The first kappa shape index (κ1) is 13.5. The van der Waals surface area contributed by atoms with Gasteiger partial charge >= 0.3 is 0 Å². The van der Waals surface area contributed by atoms with Gasteiger partial charge in [0.2, 0.25) is 0 Å². The third-order valence-corrected chi connectivity index (χ3v) is 3.94. The van der Waals surface area contributed by atoms with Crippen LogP contribution >= 0.6 is 15.9 Å². The number of aliphatic hydroxyl groups excluding tert-OH is 1. The molecule has 0 aromatic carbocycles. The van der Waals surface area contributed by atoms with Gasteiger partial charge in [-0.15, -0.1) is 0 Å². The third kappa shape index (κ3) is 4.83. The molecule has 0 aliphatic carbocycles. The van der Waals surface area contributed by atoms with Gasteiger partial charge in [-0.25, -0.2) is 0 Å². The second-order valence-electron chi connectivity index (χ2n) is 5.01. The van der Waals surface area contributed by atoms with E-state index in [1.54, 1.807) is 0 Å². The monoisotopic (exact) mass is 277 g/mol. The molecule has 3 heteroatoms. The van der Waals surface area contributed by atoms with Crippen LogP contribution in [0.4, 0.5) is 0 Å². The summed E-state index contributed by atoms with van der Waals surface area (Å²) in [5.41, 5.74) is 0. The number of hydrogen-bond acceptors (Lipinski definition) is 2. The van der Waals surface area contributed by atoms with E-state index in [0.29, 0.717) is 5.92 Å². The standard InChI is InChI=1S/C12H24BrNO/c1-10(3-6-13)4-7-14-8-5-12(15)11(2)9-14/h10-12,15H,3-9H2,1-2H3. The Bertz CT molecular complexity index is 177. The van der Waals surface area contributed by atoms with Gasteiger partial charge < -0.3 is 10.0 Å². The Balaban J connectivity index is 2.16. The van der Waals surface area contributed by atoms with Gasteiger partial charge in [0.15, 0.2) is 0 Å². The number of rotatable bonds is 5. The molecule has 90 valence electrons. The molecule has 1 saturated heterocycles. The van der Waals surface area contributed by atoms with Gasteiger partial charge in [-0.3, -0.25) is 0 Å². The topological polar surface area (TPSA) is 23.5 Å². The summed E-state index contributed by atoms with van der Waals surface area (Å²) in [6.45, 7) is 7.82. The van der Waals surface area contributed by atoms with Crippen LogP contribution in [0.1, 0.15) is 33.1 Å².